The monoisotopic (exact) mass is 248 g/mol. The molecule has 0 aliphatic heterocycles. The van der Waals surface area contributed by atoms with Gasteiger partial charge in [-0.3, -0.25) is 4.79 Å². The molecule has 1 amide bonds. The van der Waals surface area contributed by atoms with Gasteiger partial charge in [0.05, 0.1) is 12.6 Å². The Kier molecular flexibility index (Phi) is 3.30. The fourth-order valence-electron chi connectivity index (χ4n) is 2.11. The molecule has 2 N–H and O–H groups in total. The Morgan fingerprint density at radius 1 is 1.50 bits per heavy atom. The molecule has 2 rings (SSSR count). The first-order valence-electron chi connectivity index (χ1n) is 6.14. The summed E-state index contributed by atoms with van der Waals surface area (Å²) in [6, 6.07) is 5.95. The Balaban J connectivity index is 2.05. The standard InChI is InChI=1S/C14H20N2O2/c1-10-8-11(4-5-12(10)18-3)9-16(2)13(17)14(15)6-7-14/h4-5,8H,6-7,9,15H2,1-3H3. The molecule has 0 unspecified atom stereocenters. The van der Waals surface area contributed by atoms with E-state index in [-0.39, 0.29) is 5.91 Å². The first-order chi connectivity index (χ1) is 8.46. The van der Waals surface area contributed by atoms with Crippen LogP contribution in [0.2, 0.25) is 0 Å². The highest BCUT2D eigenvalue weighted by Crippen LogP contribution is 2.34. The summed E-state index contributed by atoms with van der Waals surface area (Å²) in [5.74, 6) is 0.904. The Hall–Kier alpha value is -1.55. The lowest BCUT2D eigenvalue weighted by atomic mass is 10.1. The first-order valence-corrected chi connectivity index (χ1v) is 6.14. The molecular weight excluding hydrogens is 228 g/mol. The van der Waals surface area contributed by atoms with Crippen LogP contribution in [0.25, 0.3) is 0 Å². The van der Waals surface area contributed by atoms with Crippen molar-refractivity contribution in [2.45, 2.75) is 31.8 Å². The quantitative estimate of drug-likeness (QED) is 0.877. The van der Waals surface area contributed by atoms with Crippen molar-refractivity contribution in [3.05, 3.63) is 29.3 Å². The molecule has 0 saturated heterocycles. The highest BCUT2D eigenvalue weighted by atomic mass is 16.5. The number of ether oxygens (including phenoxy) is 1. The van der Waals surface area contributed by atoms with Gasteiger partial charge < -0.3 is 15.4 Å². The zero-order valence-electron chi connectivity index (χ0n) is 11.2. The van der Waals surface area contributed by atoms with Gasteiger partial charge in [-0.1, -0.05) is 12.1 Å². The van der Waals surface area contributed by atoms with Crippen LogP contribution < -0.4 is 10.5 Å². The topological polar surface area (TPSA) is 55.6 Å². The molecule has 0 heterocycles. The van der Waals surface area contributed by atoms with Gasteiger partial charge in [0.25, 0.3) is 0 Å². The van der Waals surface area contributed by atoms with Gasteiger partial charge in [-0.15, -0.1) is 0 Å². The van der Waals surface area contributed by atoms with Crippen molar-refractivity contribution in [1.29, 1.82) is 0 Å². The minimum absolute atomic E-state index is 0.0379. The number of rotatable bonds is 4. The van der Waals surface area contributed by atoms with Crippen molar-refractivity contribution in [3.8, 4) is 5.75 Å². The summed E-state index contributed by atoms with van der Waals surface area (Å²) in [5, 5.41) is 0. The van der Waals surface area contributed by atoms with Crippen molar-refractivity contribution in [2.75, 3.05) is 14.2 Å². The van der Waals surface area contributed by atoms with E-state index in [1.54, 1.807) is 19.1 Å². The summed E-state index contributed by atoms with van der Waals surface area (Å²) in [5.41, 5.74) is 7.49. The largest absolute Gasteiger partial charge is 0.496 e. The minimum Gasteiger partial charge on any atom is -0.496 e. The van der Waals surface area contributed by atoms with E-state index >= 15 is 0 Å². The van der Waals surface area contributed by atoms with Crippen LogP contribution in [0.3, 0.4) is 0 Å². The third kappa shape index (κ3) is 2.48. The second-order valence-electron chi connectivity index (χ2n) is 5.12. The maximum Gasteiger partial charge on any atom is 0.242 e. The van der Waals surface area contributed by atoms with E-state index in [0.29, 0.717) is 6.54 Å². The number of hydrogen-bond acceptors (Lipinski definition) is 3. The maximum absolute atomic E-state index is 12.0. The highest BCUT2D eigenvalue weighted by molar-refractivity contribution is 5.88. The van der Waals surface area contributed by atoms with Crippen LogP contribution in [0.5, 0.6) is 5.75 Å². The summed E-state index contributed by atoms with van der Waals surface area (Å²) in [6.07, 6.45) is 1.61. The molecule has 1 saturated carbocycles. The molecule has 0 radical (unpaired) electrons. The van der Waals surface area contributed by atoms with Gasteiger partial charge >= 0.3 is 0 Å². The van der Waals surface area contributed by atoms with Gasteiger partial charge in [0.15, 0.2) is 0 Å². The molecule has 1 aromatic rings. The lowest BCUT2D eigenvalue weighted by Gasteiger charge is -2.21. The number of carbonyl (C=O) groups is 1. The van der Waals surface area contributed by atoms with Gasteiger partial charge in [0.1, 0.15) is 5.75 Å². The summed E-state index contributed by atoms with van der Waals surface area (Å²) < 4.78 is 5.22. The number of hydrogen-bond donors (Lipinski definition) is 1. The van der Waals surface area contributed by atoms with Crippen LogP contribution in [-0.2, 0) is 11.3 Å². The molecule has 0 aromatic heterocycles. The van der Waals surface area contributed by atoms with E-state index in [1.807, 2.05) is 25.1 Å². The van der Waals surface area contributed by atoms with Crippen LogP contribution >= 0.6 is 0 Å². The molecular formula is C14H20N2O2. The normalized spacial score (nSPS) is 16.2. The van der Waals surface area contributed by atoms with Crippen LogP contribution in [0.1, 0.15) is 24.0 Å². The third-order valence-corrected chi connectivity index (χ3v) is 3.44. The number of amides is 1. The van der Waals surface area contributed by atoms with E-state index in [0.717, 1.165) is 29.7 Å². The highest BCUT2D eigenvalue weighted by Gasteiger charge is 2.47. The average Bonchev–Trinajstić information content (AvgIpc) is 3.08. The third-order valence-electron chi connectivity index (χ3n) is 3.44. The number of methoxy groups -OCH3 is 1. The Bertz CT molecular complexity index is 467. The molecule has 0 spiro atoms. The molecule has 1 fully saturated rings. The Morgan fingerprint density at radius 2 is 2.17 bits per heavy atom. The summed E-state index contributed by atoms with van der Waals surface area (Å²) in [4.78, 5) is 13.7. The van der Waals surface area contributed by atoms with Crippen LogP contribution in [0.4, 0.5) is 0 Å². The van der Waals surface area contributed by atoms with E-state index in [2.05, 4.69) is 0 Å². The molecule has 0 atom stereocenters. The van der Waals surface area contributed by atoms with Crippen LogP contribution in [-0.4, -0.2) is 30.5 Å². The second kappa shape index (κ2) is 4.61. The van der Waals surface area contributed by atoms with E-state index < -0.39 is 5.54 Å². The number of benzene rings is 1. The van der Waals surface area contributed by atoms with Gasteiger partial charge in [0, 0.05) is 13.6 Å². The van der Waals surface area contributed by atoms with Crippen molar-refractivity contribution >= 4 is 5.91 Å². The first kappa shape index (κ1) is 12.9. The predicted molar refractivity (Wildman–Crippen MR) is 70.4 cm³/mol. The lowest BCUT2D eigenvalue weighted by molar-refractivity contribution is -0.132. The average molecular weight is 248 g/mol. The molecule has 4 heteroatoms. The van der Waals surface area contributed by atoms with Gasteiger partial charge in [-0.05, 0) is 37.0 Å². The molecule has 0 bridgehead atoms. The predicted octanol–water partition coefficient (Wildman–Crippen LogP) is 1.45. The number of aryl methyl sites for hydroxylation is 1. The molecule has 18 heavy (non-hydrogen) atoms. The molecule has 1 aliphatic rings. The zero-order chi connectivity index (χ0) is 13.3. The van der Waals surface area contributed by atoms with Crippen molar-refractivity contribution in [2.24, 2.45) is 5.73 Å². The summed E-state index contributed by atoms with van der Waals surface area (Å²) in [7, 11) is 3.46. The SMILES string of the molecule is COc1ccc(CN(C)C(=O)C2(N)CC2)cc1C. The number of carbonyl (C=O) groups excluding carboxylic acids is 1. The second-order valence-corrected chi connectivity index (χ2v) is 5.12. The molecule has 1 aromatic carbocycles. The van der Waals surface area contributed by atoms with Crippen molar-refractivity contribution in [3.63, 3.8) is 0 Å². The number of likely N-dealkylation sites (N-methyl/N-ethyl adjacent to an activating group) is 1. The lowest BCUT2D eigenvalue weighted by Crippen LogP contribution is -2.43. The van der Waals surface area contributed by atoms with Gasteiger partial charge in [0.2, 0.25) is 5.91 Å². The molecule has 98 valence electrons. The summed E-state index contributed by atoms with van der Waals surface area (Å²) >= 11 is 0. The van der Waals surface area contributed by atoms with Crippen molar-refractivity contribution in [1.82, 2.24) is 4.90 Å². The van der Waals surface area contributed by atoms with E-state index in [9.17, 15) is 4.79 Å². The van der Waals surface area contributed by atoms with E-state index in [4.69, 9.17) is 10.5 Å². The van der Waals surface area contributed by atoms with Crippen LogP contribution in [0.15, 0.2) is 18.2 Å². The number of nitrogens with zero attached hydrogens (tertiary/aromatic N) is 1. The molecule has 4 nitrogen and oxygen atoms in total. The van der Waals surface area contributed by atoms with Crippen molar-refractivity contribution < 1.29 is 9.53 Å². The van der Waals surface area contributed by atoms with Gasteiger partial charge in [-0.2, -0.15) is 0 Å². The van der Waals surface area contributed by atoms with Crippen LogP contribution in [0, 0.1) is 6.92 Å². The summed E-state index contributed by atoms with van der Waals surface area (Å²) in [6.45, 7) is 2.58. The van der Waals surface area contributed by atoms with E-state index in [1.165, 1.54) is 0 Å². The minimum atomic E-state index is -0.587. The maximum atomic E-state index is 12.0. The number of nitrogens with two attached hydrogens (primary N) is 1. The van der Waals surface area contributed by atoms with Gasteiger partial charge in [-0.25, -0.2) is 0 Å². The fourth-order valence-corrected chi connectivity index (χ4v) is 2.11. The fraction of sp³-hybridized carbons (Fsp3) is 0.500. The Labute approximate surface area is 108 Å². The zero-order valence-corrected chi connectivity index (χ0v) is 11.2. The smallest absolute Gasteiger partial charge is 0.242 e. The molecule has 1 aliphatic carbocycles. The Morgan fingerprint density at radius 3 is 2.67 bits per heavy atom.